The first-order chi connectivity index (χ1) is 13.2. The van der Waals surface area contributed by atoms with E-state index < -0.39 is 11.7 Å². The molecule has 0 aromatic carbocycles. The summed E-state index contributed by atoms with van der Waals surface area (Å²) in [7, 11) is 1.52. The lowest BCUT2D eigenvalue weighted by Gasteiger charge is -2.32. The van der Waals surface area contributed by atoms with Gasteiger partial charge >= 0.3 is 6.18 Å². The molecule has 154 valence electrons. The Balaban J connectivity index is 1.98. The summed E-state index contributed by atoms with van der Waals surface area (Å²) in [6.45, 7) is 4.75. The van der Waals surface area contributed by atoms with E-state index in [1.165, 1.54) is 7.11 Å². The number of amides is 1. The van der Waals surface area contributed by atoms with Crippen molar-refractivity contribution >= 4 is 17.0 Å². The molecule has 1 aliphatic heterocycles. The van der Waals surface area contributed by atoms with Gasteiger partial charge in [-0.05, 0) is 24.8 Å². The zero-order chi connectivity index (χ0) is 20.5. The third-order valence-corrected chi connectivity index (χ3v) is 5.07. The van der Waals surface area contributed by atoms with E-state index in [1.807, 2.05) is 0 Å². The first-order valence-electron chi connectivity index (χ1n) is 9.36. The Morgan fingerprint density at radius 3 is 2.82 bits per heavy atom. The molecule has 3 rings (SSSR count). The van der Waals surface area contributed by atoms with Gasteiger partial charge in [-0.2, -0.15) is 13.2 Å². The van der Waals surface area contributed by atoms with Gasteiger partial charge in [0.25, 0.3) is 5.71 Å². The van der Waals surface area contributed by atoms with Gasteiger partial charge in [0.05, 0.1) is 29.7 Å². The fraction of sp³-hybridized carbons (Fsp3) is 0.632. The van der Waals surface area contributed by atoms with Crippen molar-refractivity contribution in [3.63, 3.8) is 0 Å². The Kier molecular flexibility index (Phi) is 5.92. The topological polar surface area (TPSA) is 68.5 Å². The van der Waals surface area contributed by atoms with E-state index in [0.717, 1.165) is 6.07 Å². The van der Waals surface area contributed by atoms with Gasteiger partial charge in [-0.1, -0.05) is 19.0 Å². The molecule has 0 unspecified atom stereocenters. The average molecular weight is 399 g/mol. The van der Waals surface area contributed by atoms with Crippen LogP contribution in [-0.4, -0.2) is 47.8 Å². The van der Waals surface area contributed by atoms with E-state index in [4.69, 9.17) is 9.26 Å². The van der Waals surface area contributed by atoms with Crippen LogP contribution in [-0.2, 0) is 15.7 Å². The molecule has 0 radical (unpaired) electrons. The van der Waals surface area contributed by atoms with Gasteiger partial charge in [0.15, 0.2) is 0 Å². The van der Waals surface area contributed by atoms with Gasteiger partial charge in [-0.25, -0.2) is 4.98 Å². The van der Waals surface area contributed by atoms with Gasteiger partial charge in [0, 0.05) is 31.8 Å². The Morgan fingerprint density at radius 2 is 2.18 bits per heavy atom. The SMILES string of the molecule is COCCC(=O)N1CCC[C@@H](c2noc3nc(C(C)C)cc(C(F)(F)F)c23)C1. The number of likely N-dealkylation sites (tertiary alicyclic amines) is 1. The van der Waals surface area contributed by atoms with Crippen molar-refractivity contribution in [3.05, 3.63) is 23.0 Å². The zero-order valence-electron chi connectivity index (χ0n) is 16.2. The number of hydrogen-bond acceptors (Lipinski definition) is 5. The monoisotopic (exact) mass is 399 g/mol. The molecule has 3 heterocycles. The molecule has 6 nitrogen and oxygen atoms in total. The van der Waals surface area contributed by atoms with Crippen molar-refractivity contribution in [1.82, 2.24) is 15.0 Å². The zero-order valence-corrected chi connectivity index (χ0v) is 16.2. The van der Waals surface area contributed by atoms with E-state index in [-0.39, 0.29) is 41.0 Å². The van der Waals surface area contributed by atoms with Gasteiger partial charge in [-0.15, -0.1) is 0 Å². The number of methoxy groups -OCH3 is 1. The standard InChI is InChI=1S/C19H24F3N3O3/c1-11(2)14-9-13(19(20,21)22)16-17(24-28-18(16)23-14)12-5-4-7-25(10-12)15(26)6-8-27-3/h9,11-12H,4-8,10H2,1-3H3/t12-/m1/s1. The van der Waals surface area contributed by atoms with Crippen LogP contribution in [0.5, 0.6) is 0 Å². The summed E-state index contributed by atoms with van der Waals surface area (Å²) in [5, 5.41) is 3.86. The van der Waals surface area contributed by atoms with Crippen molar-refractivity contribution in [1.29, 1.82) is 0 Å². The Bertz CT molecular complexity index is 848. The molecule has 0 N–H and O–H groups in total. The van der Waals surface area contributed by atoms with Crippen molar-refractivity contribution < 1.29 is 27.2 Å². The molecule has 0 bridgehead atoms. The maximum atomic E-state index is 13.8. The summed E-state index contributed by atoms with van der Waals surface area (Å²) >= 11 is 0. The number of pyridine rings is 1. The highest BCUT2D eigenvalue weighted by Gasteiger charge is 2.38. The lowest BCUT2D eigenvalue weighted by atomic mass is 9.91. The number of nitrogens with zero attached hydrogens (tertiary/aromatic N) is 3. The van der Waals surface area contributed by atoms with Crippen LogP contribution in [0, 0.1) is 0 Å². The Labute approximate surface area is 161 Å². The highest BCUT2D eigenvalue weighted by Crippen LogP contribution is 2.40. The minimum atomic E-state index is -4.55. The molecule has 28 heavy (non-hydrogen) atoms. The Morgan fingerprint density at radius 1 is 1.43 bits per heavy atom. The molecule has 1 saturated heterocycles. The van der Waals surface area contributed by atoms with E-state index in [9.17, 15) is 18.0 Å². The van der Waals surface area contributed by atoms with E-state index >= 15 is 0 Å². The minimum absolute atomic E-state index is 0.0735. The molecule has 2 aromatic rings. The van der Waals surface area contributed by atoms with Gasteiger partial charge in [-0.3, -0.25) is 4.79 Å². The molecule has 0 spiro atoms. The largest absolute Gasteiger partial charge is 0.417 e. The summed E-state index contributed by atoms with van der Waals surface area (Å²) in [5.41, 5.74) is -0.339. The minimum Gasteiger partial charge on any atom is -0.384 e. The molecule has 1 aliphatic rings. The molecule has 1 fully saturated rings. The number of fused-ring (bicyclic) bond motifs is 1. The number of carbonyl (C=O) groups is 1. The molecule has 0 saturated carbocycles. The second kappa shape index (κ2) is 8.06. The predicted molar refractivity (Wildman–Crippen MR) is 95.9 cm³/mol. The van der Waals surface area contributed by atoms with Gasteiger partial charge in [0.2, 0.25) is 5.91 Å². The third kappa shape index (κ3) is 4.14. The number of rotatable bonds is 5. The van der Waals surface area contributed by atoms with Crippen LogP contribution >= 0.6 is 0 Å². The summed E-state index contributed by atoms with van der Waals surface area (Å²) in [6, 6.07) is 1.08. The number of carbonyl (C=O) groups excluding carboxylic acids is 1. The van der Waals surface area contributed by atoms with Gasteiger partial charge in [0.1, 0.15) is 0 Å². The third-order valence-electron chi connectivity index (χ3n) is 5.07. The van der Waals surface area contributed by atoms with Crippen LogP contribution in [0.4, 0.5) is 13.2 Å². The predicted octanol–water partition coefficient (Wildman–Crippen LogP) is 4.11. The van der Waals surface area contributed by atoms with Crippen LogP contribution < -0.4 is 0 Å². The molecule has 1 atom stereocenters. The number of ether oxygens (including phenoxy) is 1. The van der Waals surface area contributed by atoms with Crippen LogP contribution in [0.3, 0.4) is 0 Å². The summed E-state index contributed by atoms with van der Waals surface area (Å²) in [5.74, 6) is -0.576. The summed E-state index contributed by atoms with van der Waals surface area (Å²) in [4.78, 5) is 18.2. The second-order valence-corrected chi connectivity index (χ2v) is 7.42. The highest BCUT2D eigenvalue weighted by molar-refractivity contribution is 5.82. The van der Waals surface area contributed by atoms with Crippen LogP contribution in [0.25, 0.3) is 11.1 Å². The lowest BCUT2D eigenvalue weighted by Crippen LogP contribution is -2.39. The molecule has 1 amide bonds. The highest BCUT2D eigenvalue weighted by atomic mass is 19.4. The smallest absolute Gasteiger partial charge is 0.384 e. The average Bonchev–Trinajstić information content (AvgIpc) is 3.08. The maximum absolute atomic E-state index is 13.8. The lowest BCUT2D eigenvalue weighted by molar-refractivity contribution is -0.136. The van der Waals surface area contributed by atoms with Crippen molar-refractivity contribution in [2.24, 2.45) is 0 Å². The molecule has 2 aromatic heterocycles. The van der Waals surface area contributed by atoms with E-state index in [0.29, 0.717) is 38.2 Å². The Hall–Kier alpha value is -2.16. The van der Waals surface area contributed by atoms with Crippen molar-refractivity contribution in [2.75, 3.05) is 26.8 Å². The number of aromatic nitrogens is 2. The van der Waals surface area contributed by atoms with E-state index in [2.05, 4.69) is 10.1 Å². The summed E-state index contributed by atoms with van der Waals surface area (Å²) in [6.07, 6.45) is -2.97. The number of hydrogen-bond donors (Lipinski definition) is 0. The fourth-order valence-corrected chi connectivity index (χ4v) is 3.56. The number of piperidine rings is 1. The van der Waals surface area contributed by atoms with Crippen LogP contribution in [0.1, 0.15) is 61.9 Å². The molecule has 9 heteroatoms. The number of halogens is 3. The van der Waals surface area contributed by atoms with Crippen molar-refractivity contribution in [2.45, 2.75) is 51.1 Å². The second-order valence-electron chi connectivity index (χ2n) is 7.42. The number of alkyl halides is 3. The molecule has 0 aliphatic carbocycles. The van der Waals surface area contributed by atoms with Crippen molar-refractivity contribution in [3.8, 4) is 0 Å². The fourth-order valence-electron chi connectivity index (χ4n) is 3.56. The molecular formula is C19H24F3N3O3. The quantitative estimate of drug-likeness (QED) is 0.757. The van der Waals surface area contributed by atoms with E-state index in [1.54, 1.807) is 18.7 Å². The van der Waals surface area contributed by atoms with Crippen LogP contribution in [0.15, 0.2) is 10.6 Å². The molecular weight excluding hydrogens is 375 g/mol. The first-order valence-corrected chi connectivity index (χ1v) is 9.36. The normalized spacial score (nSPS) is 18.2. The maximum Gasteiger partial charge on any atom is 0.417 e. The van der Waals surface area contributed by atoms with Gasteiger partial charge < -0.3 is 14.2 Å². The van der Waals surface area contributed by atoms with Crippen LogP contribution in [0.2, 0.25) is 0 Å². The summed E-state index contributed by atoms with van der Waals surface area (Å²) < 4.78 is 51.4. The first kappa shape index (κ1) is 20.6.